The van der Waals surface area contributed by atoms with E-state index in [1.165, 1.54) is 12.8 Å². The van der Waals surface area contributed by atoms with Crippen molar-refractivity contribution in [3.05, 3.63) is 0 Å². The maximum atomic E-state index is 11.9. The van der Waals surface area contributed by atoms with Gasteiger partial charge in [0.25, 0.3) is 0 Å². The number of halogens is 1. The minimum absolute atomic E-state index is 0.143. The third-order valence-electron chi connectivity index (χ3n) is 3.84. The summed E-state index contributed by atoms with van der Waals surface area (Å²) in [6, 6.07) is 0.212. The summed E-state index contributed by atoms with van der Waals surface area (Å²) in [5.74, 6) is 0.445. The van der Waals surface area contributed by atoms with E-state index in [2.05, 4.69) is 19.2 Å². The van der Waals surface area contributed by atoms with Crippen molar-refractivity contribution in [2.45, 2.75) is 57.4 Å². The van der Waals surface area contributed by atoms with Gasteiger partial charge in [-0.2, -0.15) is 0 Å². The molecular weight excluding hydrogens is 210 g/mol. The molecule has 1 N–H and O–H groups in total. The number of rotatable bonds is 2. The van der Waals surface area contributed by atoms with Crippen LogP contribution in [0.15, 0.2) is 0 Å². The van der Waals surface area contributed by atoms with Crippen molar-refractivity contribution >= 4 is 17.5 Å². The van der Waals surface area contributed by atoms with Crippen LogP contribution in [0.3, 0.4) is 0 Å². The second-order valence-corrected chi connectivity index (χ2v) is 6.22. The predicted molar refractivity (Wildman–Crippen MR) is 61.9 cm³/mol. The molecule has 2 saturated carbocycles. The van der Waals surface area contributed by atoms with Crippen molar-refractivity contribution in [1.29, 1.82) is 0 Å². The molecule has 0 spiro atoms. The summed E-state index contributed by atoms with van der Waals surface area (Å²) in [5, 5.41) is 3.26. The van der Waals surface area contributed by atoms with E-state index < -0.39 is 0 Å². The third-order valence-corrected chi connectivity index (χ3v) is 4.36. The Balaban J connectivity index is 1.83. The smallest absolute Gasteiger partial charge is 0.223 e. The van der Waals surface area contributed by atoms with Crippen molar-refractivity contribution in [1.82, 2.24) is 5.32 Å². The Morgan fingerprint density at radius 2 is 1.93 bits per heavy atom. The first-order chi connectivity index (χ1) is 7.00. The number of nitrogens with one attached hydrogen (secondary N) is 1. The SMILES string of the molecule is CC1(C)CC1C(=O)NC1CCCCC1Cl. The molecule has 86 valence electrons. The summed E-state index contributed by atoms with van der Waals surface area (Å²) in [6.45, 7) is 4.30. The van der Waals surface area contributed by atoms with Crippen LogP contribution in [0, 0.1) is 11.3 Å². The normalized spacial score (nSPS) is 38.5. The van der Waals surface area contributed by atoms with Crippen LogP contribution in [0.5, 0.6) is 0 Å². The minimum atomic E-state index is 0.143. The Morgan fingerprint density at radius 1 is 1.33 bits per heavy atom. The van der Waals surface area contributed by atoms with Gasteiger partial charge in [-0.15, -0.1) is 11.6 Å². The highest BCUT2D eigenvalue weighted by molar-refractivity contribution is 6.21. The molecule has 2 nitrogen and oxygen atoms in total. The lowest BCUT2D eigenvalue weighted by Crippen LogP contribution is -2.43. The number of carbonyl (C=O) groups excluding carboxylic acids is 1. The molecule has 0 aliphatic heterocycles. The van der Waals surface area contributed by atoms with Crippen molar-refractivity contribution in [2.75, 3.05) is 0 Å². The molecular formula is C12H20ClNO. The summed E-state index contributed by atoms with van der Waals surface area (Å²) in [6.07, 6.45) is 5.52. The van der Waals surface area contributed by atoms with Crippen LogP contribution in [0.2, 0.25) is 0 Å². The van der Waals surface area contributed by atoms with Gasteiger partial charge in [-0.1, -0.05) is 26.7 Å². The van der Waals surface area contributed by atoms with E-state index in [0.717, 1.165) is 19.3 Å². The molecule has 2 rings (SSSR count). The Bertz CT molecular complexity index is 264. The average Bonchev–Trinajstić information content (AvgIpc) is 2.79. The number of amides is 1. The molecule has 1 amide bonds. The molecule has 3 unspecified atom stereocenters. The molecule has 0 bridgehead atoms. The van der Waals surface area contributed by atoms with Gasteiger partial charge in [-0.05, 0) is 24.7 Å². The van der Waals surface area contributed by atoms with Gasteiger partial charge >= 0.3 is 0 Å². The zero-order valence-electron chi connectivity index (χ0n) is 9.55. The highest BCUT2D eigenvalue weighted by Crippen LogP contribution is 2.51. The largest absolute Gasteiger partial charge is 0.352 e. The van der Waals surface area contributed by atoms with Crippen LogP contribution in [0.1, 0.15) is 46.0 Å². The van der Waals surface area contributed by atoms with Crippen molar-refractivity contribution in [3.63, 3.8) is 0 Å². The van der Waals surface area contributed by atoms with Gasteiger partial charge in [-0.3, -0.25) is 4.79 Å². The minimum Gasteiger partial charge on any atom is -0.352 e. The van der Waals surface area contributed by atoms with E-state index in [4.69, 9.17) is 11.6 Å². The van der Waals surface area contributed by atoms with E-state index in [1.807, 2.05) is 0 Å². The van der Waals surface area contributed by atoms with Crippen LogP contribution in [-0.4, -0.2) is 17.3 Å². The third kappa shape index (κ3) is 2.47. The number of carbonyl (C=O) groups is 1. The molecule has 2 aliphatic carbocycles. The summed E-state index contributed by atoms with van der Waals surface area (Å²) < 4.78 is 0. The van der Waals surface area contributed by atoms with E-state index in [-0.39, 0.29) is 28.7 Å². The summed E-state index contributed by atoms with van der Waals surface area (Å²) in [7, 11) is 0. The van der Waals surface area contributed by atoms with E-state index in [9.17, 15) is 4.79 Å². The Morgan fingerprint density at radius 3 is 2.47 bits per heavy atom. The Labute approximate surface area is 96.8 Å². The van der Waals surface area contributed by atoms with E-state index in [0.29, 0.717) is 0 Å². The van der Waals surface area contributed by atoms with Crippen LogP contribution < -0.4 is 5.32 Å². The first-order valence-electron chi connectivity index (χ1n) is 5.95. The molecule has 2 aliphatic rings. The maximum absolute atomic E-state index is 11.9. The number of hydrogen-bond donors (Lipinski definition) is 1. The number of hydrogen-bond acceptors (Lipinski definition) is 1. The fraction of sp³-hybridized carbons (Fsp3) is 0.917. The van der Waals surface area contributed by atoms with Crippen LogP contribution in [0.4, 0.5) is 0 Å². The first-order valence-corrected chi connectivity index (χ1v) is 6.39. The fourth-order valence-corrected chi connectivity index (χ4v) is 2.79. The summed E-state index contributed by atoms with van der Waals surface area (Å²) in [5.41, 5.74) is 0.223. The number of alkyl halides is 1. The quantitative estimate of drug-likeness (QED) is 0.725. The molecule has 0 aromatic rings. The zero-order chi connectivity index (χ0) is 11.1. The molecule has 3 atom stereocenters. The summed E-state index contributed by atoms with van der Waals surface area (Å²) in [4.78, 5) is 11.9. The van der Waals surface area contributed by atoms with Gasteiger partial charge in [0.2, 0.25) is 5.91 Å². The van der Waals surface area contributed by atoms with Gasteiger partial charge in [0.1, 0.15) is 0 Å². The topological polar surface area (TPSA) is 29.1 Å². The first kappa shape index (κ1) is 11.3. The predicted octanol–water partition coefficient (Wildman–Crippen LogP) is 2.70. The lowest BCUT2D eigenvalue weighted by Gasteiger charge is -2.28. The molecule has 0 radical (unpaired) electrons. The van der Waals surface area contributed by atoms with Crippen LogP contribution in [0.25, 0.3) is 0 Å². The standard InChI is InChI=1S/C12H20ClNO/c1-12(2)7-8(12)11(15)14-10-6-4-3-5-9(10)13/h8-10H,3-7H2,1-2H3,(H,14,15). The van der Waals surface area contributed by atoms with Crippen molar-refractivity contribution in [2.24, 2.45) is 11.3 Å². The van der Waals surface area contributed by atoms with Gasteiger partial charge in [0.05, 0.1) is 5.38 Å². The van der Waals surface area contributed by atoms with Crippen LogP contribution in [-0.2, 0) is 4.79 Å². The monoisotopic (exact) mass is 229 g/mol. The Hall–Kier alpha value is -0.240. The van der Waals surface area contributed by atoms with Gasteiger partial charge < -0.3 is 5.32 Å². The average molecular weight is 230 g/mol. The van der Waals surface area contributed by atoms with Gasteiger partial charge in [0.15, 0.2) is 0 Å². The Kier molecular flexibility index (Phi) is 2.98. The van der Waals surface area contributed by atoms with Gasteiger partial charge in [-0.25, -0.2) is 0 Å². The maximum Gasteiger partial charge on any atom is 0.223 e. The van der Waals surface area contributed by atoms with Crippen molar-refractivity contribution in [3.8, 4) is 0 Å². The van der Waals surface area contributed by atoms with E-state index in [1.54, 1.807) is 0 Å². The second kappa shape index (κ2) is 3.97. The molecule has 3 heteroatoms. The zero-order valence-corrected chi connectivity index (χ0v) is 10.3. The molecule has 0 aromatic heterocycles. The molecule has 0 saturated heterocycles. The molecule has 0 aromatic carbocycles. The molecule has 15 heavy (non-hydrogen) atoms. The van der Waals surface area contributed by atoms with Crippen molar-refractivity contribution < 1.29 is 4.79 Å². The second-order valence-electron chi connectivity index (χ2n) is 5.66. The summed E-state index contributed by atoms with van der Waals surface area (Å²) >= 11 is 6.21. The van der Waals surface area contributed by atoms with Gasteiger partial charge in [0, 0.05) is 12.0 Å². The molecule has 0 heterocycles. The highest BCUT2D eigenvalue weighted by atomic mass is 35.5. The molecule has 2 fully saturated rings. The van der Waals surface area contributed by atoms with E-state index >= 15 is 0 Å². The lowest BCUT2D eigenvalue weighted by atomic mass is 9.94. The van der Waals surface area contributed by atoms with Crippen LogP contribution >= 0.6 is 11.6 Å². The highest BCUT2D eigenvalue weighted by Gasteiger charge is 2.51. The fourth-order valence-electron chi connectivity index (χ4n) is 2.45. The lowest BCUT2D eigenvalue weighted by molar-refractivity contribution is -0.123.